The zero-order valence-electron chi connectivity index (χ0n) is 19.9. The number of carbonyl (C=O) groups excluding carboxylic acids is 2. The van der Waals surface area contributed by atoms with Gasteiger partial charge in [0.25, 0.3) is 0 Å². The summed E-state index contributed by atoms with van der Waals surface area (Å²) in [4.78, 5) is 32.2. The van der Waals surface area contributed by atoms with E-state index in [-0.39, 0.29) is 30.1 Å². The fourth-order valence-electron chi connectivity index (χ4n) is 4.27. The number of likely N-dealkylation sites (tertiary alicyclic amines) is 1. The summed E-state index contributed by atoms with van der Waals surface area (Å²) in [5, 5.41) is 0. The summed E-state index contributed by atoms with van der Waals surface area (Å²) in [6.45, 7) is 15.3. The Bertz CT molecular complexity index is 775. The minimum atomic E-state index is -0.890. The molecule has 0 aromatic carbocycles. The van der Waals surface area contributed by atoms with Crippen LogP contribution < -0.4 is 10.5 Å². The lowest BCUT2D eigenvalue weighted by atomic mass is 9.73. The van der Waals surface area contributed by atoms with Gasteiger partial charge in [-0.05, 0) is 52.2 Å². The average molecular weight is 436 g/mol. The molecule has 174 valence electrons. The maximum absolute atomic E-state index is 13.3. The minimum absolute atomic E-state index is 0.124. The molecular weight excluding hydrogens is 398 g/mol. The minimum Gasteiger partial charge on any atom is -0.475 e. The molecule has 0 spiro atoms. The van der Waals surface area contributed by atoms with Crippen molar-refractivity contribution in [2.45, 2.75) is 85.7 Å². The van der Waals surface area contributed by atoms with Gasteiger partial charge < -0.3 is 19.9 Å². The Labute approximate surface area is 185 Å². The summed E-state index contributed by atoms with van der Waals surface area (Å²) in [7, 11) is 0. The number of nitrogens with two attached hydrogens (primary N) is 1. The van der Waals surface area contributed by atoms with Crippen LogP contribution in [0.1, 0.15) is 67.0 Å². The van der Waals surface area contributed by atoms with Gasteiger partial charge in [-0.25, -0.2) is 14.6 Å². The van der Waals surface area contributed by atoms with Crippen molar-refractivity contribution in [3.63, 3.8) is 0 Å². The van der Waals surface area contributed by atoms with Crippen LogP contribution >= 0.6 is 0 Å². The predicted molar refractivity (Wildman–Crippen MR) is 118 cm³/mol. The van der Waals surface area contributed by atoms with Crippen LogP contribution in [0.4, 0.5) is 4.79 Å². The topological polar surface area (TPSA) is 104 Å². The van der Waals surface area contributed by atoms with E-state index in [9.17, 15) is 9.59 Å². The second-order valence-electron chi connectivity index (χ2n) is 9.52. The molecule has 1 amide bonds. The van der Waals surface area contributed by atoms with Gasteiger partial charge in [0, 0.05) is 23.7 Å². The van der Waals surface area contributed by atoms with E-state index >= 15 is 0 Å². The van der Waals surface area contributed by atoms with E-state index in [0.29, 0.717) is 11.4 Å². The lowest BCUT2D eigenvalue weighted by Crippen LogP contribution is -2.48. The lowest BCUT2D eigenvalue weighted by molar-refractivity contribution is -0.151. The summed E-state index contributed by atoms with van der Waals surface area (Å²) in [6, 6.07) is 1.49. The van der Waals surface area contributed by atoms with Crippen LogP contribution in [0.25, 0.3) is 0 Å². The van der Waals surface area contributed by atoms with Crippen molar-refractivity contribution >= 4 is 12.1 Å². The quantitative estimate of drug-likeness (QED) is 0.680. The van der Waals surface area contributed by atoms with Gasteiger partial charge >= 0.3 is 12.1 Å². The molecule has 0 radical (unpaired) electrons. The molecule has 1 saturated heterocycles. The highest BCUT2D eigenvalue weighted by Crippen LogP contribution is 2.49. The zero-order valence-corrected chi connectivity index (χ0v) is 19.9. The van der Waals surface area contributed by atoms with Crippen LogP contribution in [0.5, 0.6) is 5.88 Å². The third-order valence-electron chi connectivity index (χ3n) is 5.26. The molecule has 1 fully saturated rings. The molecule has 31 heavy (non-hydrogen) atoms. The Balaban J connectivity index is 2.69. The molecule has 4 atom stereocenters. The van der Waals surface area contributed by atoms with Gasteiger partial charge in [0.15, 0.2) is 0 Å². The van der Waals surface area contributed by atoms with Crippen molar-refractivity contribution in [3.8, 4) is 5.88 Å². The molecule has 8 nitrogen and oxygen atoms in total. The number of pyridine rings is 1. The van der Waals surface area contributed by atoms with Crippen LogP contribution in [0.15, 0.2) is 18.3 Å². The number of rotatable bonds is 6. The van der Waals surface area contributed by atoms with Gasteiger partial charge in [-0.15, -0.1) is 0 Å². The van der Waals surface area contributed by atoms with Crippen molar-refractivity contribution in [1.82, 2.24) is 9.88 Å². The fraction of sp³-hybridized carbons (Fsp3) is 0.696. The third kappa shape index (κ3) is 5.47. The van der Waals surface area contributed by atoms with E-state index in [1.165, 1.54) is 4.90 Å². The van der Waals surface area contributed by atoms with Crippen LogP contribution in [0.2, 0.25) is 0 Å². The Hall–Kier alpha value is -2.35. The van der Waals surface area contributed by atoms with E-state index < -0.39 is 30.2 Å². The number of ether oxygens (including phenoxy) is 3. The number of amides is 1. The monoisotopic (exact) mass is 435 g/mol. The predicted octanol–water partition coefficient (Wildman–Crippen LogP) is 3.69. The molecule has 8 heteroatoms. The number of aromatic nitrogens is 1. The standard InChI is InChI=1S/C23H37N3O5/c1-9-29-21(27)19-16(23(6,7)8)17(24)18(26(19)22(28)31-14(4)5)15-11-10-12-25-20(15)30-13(2)3/h10-14,16-19H,9,24H2,1-8H3/t16-,17-,18-,19-/m0/s1. The molecule has 1 aliphatic heterocycles. The summed E-state index contributed by atoms with van der Waals surface area (Å²) < 4.78 is 16.8. The highest BCUT2D eigenvalue weighted by molar-refractivity contribution is 5.83. The average Bonchev–Trinajstić information content (AvgIpc) is 2.94. The Kier molecular flexibility index (Phi) is 7.92. The molecule has 0 aliphatic carbocycles. The number of hydrogen-bond donors (Lipinski definition) is 1. The Morgan fingerprint density at radius 1 is 1.19 bits per heavy atom. The summed E-state index contributed by atoms with van der Waals surface area (Å²) in [5.41, 5.74) is 7.04. The SMILES string of the molecule is CCOC(=O)[C@@H]1[C@@H](C(C)(C)C)[C@H](N)[C@H](c2cccnc2OC(C)C)N1C(=O)OC(C)C. The highest BCUT2D eigenvalue weighted by atomic mass is 16.6. The fourth-order valence-corrected chi connectivity index (χ4v) is 4.27. The molecule has 1 aliphatic rings. The van der Waals surface area contributed by atoms with Crippen molar-refractivity contribution < 1.29 is 23.8 Å². The van der Waals surface area contributed by atoms with E-state index in [1.807, 2.05) is 40.7 Å². The molecule has 0 bridgehead atoms. The van der Waals surface area contributed by atoms with Crippen LogP contribution in [-0.2, 0) is 14.3 Å². The molecule has 0 saturated carbocycles. The summed E-state index contributed by atoms with van der Waals surface area (Å²) in [6.07, 6.45) is 0.533. The van der Waals surface area contributed by atoms with Crippen molar-refractivity contribution in [3.05, 3.63) is 23.9 Å². The van der Waals surface area contributed by atoms with E-state index in [2.05, 4.69) is 4.98 Å². The lowest BCUT2D eigenvalue weighted by Gasteiger charge is -2.34. The second kappa shape index (κ2) is 9.85. The van der Waals surface area contributed by atoms with Gasteiger partial charge in [0.2, 0.25) is 5.88 Å². The largest absolute Gasteiger partial charge is 0.475 e. The van der Waals surface area contributed by atoms with Gasteiger partial charge in [0.05, 0.1) is 24.9 Å². The first-order valence-corrected chi connectivity index (χ1v) is 10.9. The number of carbonyl (C=O) groups is 2. The molecule has 2 heterocycles. The van der Waals surface area contributed by atoms with E-state index in [1.54, 1.807) is 33.0 Å². The maximum atomic E-state index is 13.3. The second-order valence-corrected chi connectivity index (χ2v) is 9.52. The molecule has 2 N–H and O–H groups in total. The van der Waals surface area contributed by atoms with E-state index in [4.69, 9.17) is 19.9 Å². The summed E-state index contributed by atoms with van der Waals surface area (Å²) >= 11 is 0. The smallest absolute Gasteiger partial charge is 0.411 e. The maximum Gasteiger partial charge on any atom is 0.411 e. The Morgan fingerprint density at radius 2 is 1.84 bits per heavy atom. The number of esters is 1. The first-order valence-electron chi connectivity index (χ1n) is 10.9. The summed E-state index contributed by atoms with van der Waals surface area (Å²) in [5.74, 6) is -0.475. The van der Waals surface area contributed by atoms with E-state index in [0.717, 1.165) is 0 Å². The number of hydrogen-bond acceptors (Lipinski definition) is 7. The van der Waals surface area contributed by atoms with Crippen molar-refractivity contribution in [2.75, 3.05) is 6.61 Å². The molecule has 1 aromatic rings. The molecule has 0 unspecified atom stereocenters. The first kappa shape index (κ1) is 24.9. The number of nitrogens with zero attached hydrogens (tertiary/aromatic N) is 2. The van der Waals surface area contributed by atoms with Gasteiger partial charge in [-0.1, -0.05) is 20.8 Å². The highest BCUT2D eigenvalue weighted by Gasteiger charge is 2.58. The van der Waals surface area contributed by atoms with Gasteiger partial charge in [0.1, 0.15) is 6.04 Å². The van der Waals surface area contributed by atoms with Crippen molar-refractivity contribution in [2.24, 2.45) is 17.1 Å². The first-order chi connectivity index (χ1) is 14.4. The van der Waals surface area contributed by atoms with Gasteiger partial charge in [-0.3, -0.25) is 4.90 Å². The third-order valence-corrected chi connectivity index (χ3v) is 5.26. The van der Waals surface area contributed by atoms with Crippen LogP contribution in [-0.4, -0.2) is 52.8 Å². The molecule has 1 aromatic heterocycles. The normalized spacial score (nSPS) is 23.9. The molecule has 2 rings (SSSR count). The van der Waals surface area contributed by atoms with Crippen LogP contribution in [0.3, 0.4) is 0 Å². The zero-order chi connectivity index (χ0) is 23.5. The Morgan fingerprint density at radius 3 is 2.35 bits per heavy atom. The van der Waals surface area contributed by atoms with Crippen LogP contribution in [0, 0.1) is 11.3 Å². The molecular formula is C23H37N3O5. The van der Waals surface area contributed by atoms with Crippen molar-refractivity contribution in [1.29, 1.82) is 0 Å². The van der Waals surface area contributed by atoms with Gasteiger partial charge in [-0.2, -0.15) is 0 Å².